The van der Waals surface area contributed by atoms with E-state index in [1.807, 2.05) is 6.07 Å². The van der Waals surface area contributed by atoms with Gasteiger partial charge in [0.15, 0.2) is 0 Å². The third-order valence-electron chi connectivity index (χ3n) is 3.26. The molecule has 0 unspecified atom stereocenters. The lowest BCUT2D eigenvalue weighted by molar-refractivity contribution is -0.117. The van der Waals surface area contributed by atoms with Crippen LogP contribution in [0.15, 0.2) is 29.8 Å². The van der Waals surface area contributed by atoms with Crippen molar-refractivity contribution in [3.8, 4) is 11.8 Å². The van der Waals surface area contributed by atoms with E-state index in [-0.39, 0.29) is 23.3 Å². The summed E-state index contributed by atoms with van der Waals surface area (Å²) in [6, 6.07) is 8.50. The van der Waals surface area contributed by atoms with Gasteiger partial charge in [-0.25, -0.2) is 0 Å². The number of carbonyl (C=O) groups is 1. The molecule has 0 saturated heterocycles. The lowest BCUT2D eigenvalue weighted by Gasteiger charge is -2.10. The number of rotatable bonds is 3. The topological polar surface area (TPSA) is 73.1 Å². The van der Waals surface area contributed by atoms with Crippen molar-refractivity contribution in [3.63, 3.8) is 0 Å². The van der Waals surface area contributed by atoms with Crippen LogP contribution >= 0.6 is 0 Å². The molecule has 0 heterocycles. The van der Waals surface area contributed by atoms with Gasteiger partial charge >= 0.3 is 0 Å². The lowest BCUT2D eigenvalue weighted by Crippen LogP contribution is -2.33. The highest BCUT2D eigenvalue weighted by molar-refractivity contribution is 6.01. The van der Waals surface area contributed by atoms with E-state index in [0.717, 1.165) is 31.2 Å². The lowest BCUT2D eigenvalue weighted by atomic mass is 10.1. The number of nitriles is 1. The van der Waals surface area contributed by atoms with E-state index in [2.05, 4.69) is 5.32 Å². The Morgan fingerprint density at radius 1 is 1.32 bits per heavy atom. The normalized spacial score (nSPS) is 16.1. The summed E-state index contributed by atoms with van der Waals surface area (Å²) in [5, 5.41) is 21.1. The first-order valence-electron chi connectivity index (χ1n) is 6.41. The van der Waals surface area contributed by atoms with E-state index in [1.165, 1.54) is 18.2 Å². The highest BCUT2D eigenvalue weighted by atomic mass is 16.3. The summed E-state index contributed by atoms with van der Waals surface area (Å²) in [7, 11) is 0. The Bertz CT molecular complexity index is 520. The first-order chi connectivity index (χ1) is 9.19. The van der Waals surface area contributed by atoms with E-state index in [0.29, 0.717) is 0 Å². The second kappa shape index (κ2) is 6.05. The number of amides is 1. The molecule has 0 atom stereocenters. The number of hydrogen-bond acceptors (Lipinski definition) is 3. The molecule has 2 N–H and O–H groups in total. The summed E-state index contributed by atoms with van der Waals surface area (Å²) in [6.45, 7) is 0. The molecule has 1 aliphatic carbocycles. The second-order valence-corrected chi connectivity index (χ2v) is 4.72. The molecule has 0 aliphatic heterocycles. The Labute approximate surface area is 112 Å². The first-order valence-corrected chi connectivity index (χ1v) is 6.41. The van der Waals surface area contributed by atoms with Gasteiger partial charge in [-0.1, -0.05) is 25.0 Å². The van der Waals surface area contributed by atoms with E-state index < -0.39 is 0 Å². The molecule has 1 amide bonds. The maximum Gasteiger partial charge on any atom is 0.262 e. The molecule has 0 aromatic heterocycles. The molecular formula is C15H16N2O2. The Hall–Kier alpha value is -2.28. The highest BCUT2D eigenvalue weighted by Gasteiger charge is 2.19. The van der Waals surface area contributed by atoms with Gasteiger partial charge in [0.05, 0.1) is 0 Å². The average Bonchev–Trinajstić information content (AvgIpc) is 2.90. The molecule has 98 valence electrons. The number of hydrogen-bond donors (Lipinski definition) is 2. The number of nitrogens with zero attached hydrogens (tertiary/aromatic N) is 1. The van der Waals surface area contributed by atoms with Crippen LogP contribution in [0.1, 0.15) is 31.2 Å². The van der Waals surface area contributed by atoms with Gasteiger partial charge in [-0.15, -0.1) is 0 Å². The zero-order chi connectivity index (χ0) is 13.7. The maximum absolute atomic E-state index is 12.0. The van der Waals surface area contributed by atoms with Crippen LogP contribution < -0.4 is 5.32 Å². The van der Waals surface area contributed by atoms with Crippen molar-refractivity contribution in [2.75, 3.05) is 0 Å². The Morgan fingerprint density at radius 2 is 1.95 bits per heavy atom. The first kappa shape index (κ1) is 13.2. The predicted molar refractivity (Wildman–Crippen MR) is 72.1 cm³/mol. The number of phenols is 1. The monoisotopic (exact) mass is 256 g/mol. The standard InChI is InChI=1S/C15H16N2O2/c16-10-12(9-11-5-7-14(18)8-6-11)15(19)17-13-3-1-2-4-13/h5-9,13,18H,1-4H2,(H,17,19)/b12-9+. The van der Waals surface area contributed by atoms with Gasteiger partial charge in [-0.05, 0) is 36.6 Å². The van der Waals surface area contributed by atoms with Gasteiger partial charge in [-0.2, -0.15) is 5.26 Å². The van der Waals surface area contributed by atoms with Crippen molar-refractivity contribution >= 4 is 12.0 Å². The van der Waals surface area contributed by atoms with Gasteiger partial charge in [0.1, 0.15) is 17.4 Å². The SMILES string of the molecule is N#C/C(=C\c1ccc(O)cc1)C(=O)NC1CCCC1. The van der Waals surface area contributed by atoms with Crippen molar-refractivity contribution in [1.29, 1.82) is 5.26 Å². The fourth-order valence-electron chi connectivity index (χ4n) is 2.22. The molecule has 1 fully saturated rings. The molecule has 0 bridgehead atoms. The van der Waals surface area contributed by atoms with Crippen LogP contribution in [-0.2, 0) is 4.79 Å². The van der Waals surface area contributed by atoms with Crippen LogP contribution in [-0.4, -0.2) is 17.1 Å². The minimum Gasteiger partial charge on any atom is -0.508 e. The fourth-order valence-corrected chi connectivity index (χ4v) is 2.22. The third-order valence-corrected chi connectivity index (χ3v) is 3.26. The molecular weight excluding hydrogens is 240 g/mol. The smallest absolute Gasteiger partial charge is 0.262 e. The number of nitrogens with one attached hydrogen (secondary N) is 1. The summed E-state index contributed by atoms with van der Waals surface area (Å²) < 4.78 is 0. The fraction of sp³-hybridized carbons (Fsp3) is 0.333. The number of aromatic hydroxyl groups is 1. The minimum atomic E-state index is -0.317. The molecule has 4 heteroatoms. The van der Waals surface area contributed by atoms with Crippen LogP contribution in [0.3, 0.4) is 0 Å². The van der Waals surface area contributed by atoms with Crippen molar-refractivity contribution in [2.24, 2.45) is 0 Å². The zero-order valence-electron chi connectivity index (χ0n) is 10.6. The van der Waals surface area contributed by atoms with Crippen molar-refractivity contribution in [1.82, 2.24) is 5.32 Å². The molecule has 1 saturated carbocycles. The minimum absolute atomic E-state index is 0.0950. The number of carbonyl (C=O) groups excluding carboxylic acids is 1. The van der Waals surface area contributed by atoms with E-state index in [1.54, 1.807) is 12.1 Å². The molecule has 0 radical (unpaired) electrons. The molecule has 1 aromatic carbocycles. The summed E-state index contributed by atoms with van der Waals surface area (Å²) in [6.07, 6.45) is 5.78. The van der Waals surface area contributed by atoms with Crippen LogP contribution in [0.4, 0.5) is 0 Å². The largest absolute Gasteiger partial charge is 0.508 e. The van der Waals surface area contributed by atoms with Crippen molar-refractivity contribution < 1.29 is 9.90 Å². The van der Waals surface area contributed by atoms with Gasteiger partial charge < -0.3 is 10.4 Å². The summed E-state index contributed by atoms with van der Waals surface area (Å²) in [5.41, 5.74) is 0.813. The number of phenolic OH excluding ortho intramolecular Hbond substituents is 1. The molecule has 1 aromatic rings. The predicted octanol–water partition coefficient (Wildman–Crippen LogP) is 2.36. The molecule has 4 nitrogen and oxygen atoms in total. The highest BCUT2D eigenvalue weighted by Crippen LogP contribution is 2.18. The average molecular weight is 256 g/mol. The van der Waals surface area contributed by atoms with Crippen LogP contribution in [0, 0.1) is 11.3 Å². The Balaban J connectivity index is 2.08. The van der Waals surface area contributed by atoms with Gasteiger partial charge in [0.2, 0.25) is 0 Å². The maximum atomic E-state index is 12.0. The quantitative estimate of drug-likeness (QED) is 0.644. The van der Waals surface area contributed by atoms with Crippen LogP contribution in [0.5, 0.6) is 5.75 Å². The molecule has 19 heavy (non-hydrogen) atoms. The summed E-state index contributed by atoms with van der Waals surface area (Å²) >= 11 is 0. The zero-order valence-corrected chi connectivity index (χ0v) is 10.6. The molecule has 0 spiro atoms. The van der Waals surface area contributed by atoms with Crippen LogP contribution in [0.2, 0.25) is 0 Å². The Morgan fingerprint density at radius 3 is 2.53 bits per heavy atom. The molecule has 2 rings (SSSR count). The van der Waals surface area contributed by atoms with E-state index in [4.69, 9.17) is 5.26 Å². The van der Waals surface area contributed by atoms with Crippen molar-refractivity contribution in [2.45, 2.75) is 31.7 Å². The summed E-state index contributed by atoms with van der Waals surface area (Å²) in [5.74, 6) is -0.159. The van der Waals surface area contributed by atoms with Crippen molar-refractivity contribution in [3.05, 3.63) is 35.4 Å². The number of benzene rings is 1. The summed E-state index contributed by atoms with van der Waals surface area (Å²) in [4.78, 5) is 12.0. The van der Waals surface area contributed by atoms with Gasteiger partial charge in [0, 0.05) is 6.04 Å². The third kappa shape index (κ3) is 3.59. The van der Waals surface area contributed by atoms with E-state index in [9.17, 15) is 9.90 Å². The molecule has 1 aliphatic rings. The van der Waals surface area contributed by atoms with Gasteiger partial charge in [-0.3, -0.25) is 4.79 Å². The van der Waals surface area contributed by atoms with Crippen LogP contribution in [0.25, 0.3) is 6.08 Å². The second-order valence-electron chi connectivity index (χ2n) is 4.72. The van der Waals surface area contributed by atoms with E-state index >= 15 is 0 Å². The van der Waals surface area contributed by atoms with Gasteiger partial charge in [0.25, 0.3) is 5.91 Å². The Kier molecular flexibility index (Phi) is 4.19.